The predicted octanol–water partition coefficient (Wildman–Crippen LogP) is 4.65. The number of nitrogens with zero attached hydrogens (tertiary/aromatic N) is 2. The number of benzene rings is 2. The second kappa shape index (κ2) is 7.32. The standard InChI is InChI=1S/C21H17FN2O2S/c1-14-2-8-17(9-3-14)26-11-10-24-13-23-20-19(21(24)25)18(12-27-20)15-4-6-16(22)7-5-15/h2-9,12-13H,10-11H2,1H3. The number of hydrogen-bond acceptors (Lipinski definition) is 4. The molecule has 0 bridgehead atoms. The first-order chi connectivity index (χ1) is 13.1. The van der Waals surface area contributed by atoms with Gasteiger partial charge in [0.1, 0.15) is 23.0 Å². The molecule has 0 aliphatic rings. The third-order valence-corrected chi connectivity index (χ3v) is 5.22. The van der Waals surface area contributed by atoms with E-state index in [9.17, 15) is 9.18 Å². The van der Waals surface area contributed by atoms with Gasteiger partial charge in [0.25, 0.3) is 5.56 Å². The van der Waals surface area contributed by atoms with Crippen LogP contribution in [0.25, 0.3) is 21.3 Å². The molecule has 0 spiro atoms. The van der Waals surface area contributed by atoms with Crippen LogP contribution in [-0.4, -0.2) is 16.2 Å². The Labute approximate surface area is 159 Å². The van der Waals surface area contributed by atoms with Crippen molar-refractivity contribution in [1.29, 1.82) is 0 Å². The summed E-state index contributed by atoms with van der Waals surface area (Å²) in [5, 5.41) is 2.45. The van der Waals surface area contributed by atoms with Crippen molar-refractivity contribution in [2.75, 3.05) is 6.61 Å². The fourth-order valence-electron chi connectivity index (χ4n) is 2.87. The molecule has 6 heteroatoms. The molecule has 2 heterocycles. The van der Waals surface area contributed by atoms with Gasteiger partial charge in [0.15, 0.2) is 0 Å². The van der Waals surface area contributed by atoms with Gasteiger partial charge in [0, 0.05) is 10.9 Å². The van der Waals surface area contributed by atoms with Crippen LogP contribution < -0.4 is 10.3 Å². The molecular formula is C21H17FN2O2S. The number of thiophene rings is 1. The maximum atomic E-state index is 13.2. The molecule has 4 rings (SSSR count). The van der Waals surface area contributed by atoms with Gasteiger partial charge in [-0.1, -0.05) is 29.8 Å². The number of hydrogen-bond donors (Lipinski definition) is 0. The highest BCUT2D eigenvalue weighted by Crippen LogP contribution is 2.30. The molecule has 0 aliphatic heterocycles. The summed E-state index contributed by atoms with van der Waals surface area (Å²) in [6.45, 7) is 2.78. The van der Waals surface area contributed by atoms with Crippen LogP contribution in [0.1, 0.15) is 5.56 Å². The predicted molar refractivity (Wildman–Crippen MR) is 106 cm³/mol. The molecule has 0 saturated heterocycles. The van der Waals surface area contributed by atoms with Crippen LogP contribution in [0.5, 0.6) is 5.75 Å². The molecular weight excluding hydrogens is 363 g/mol. The first-order valence-corrected chi connectivity index (χ1v) is 9.42. The van der Waals surface area contributed by atoms with E-state index in [4.69, 9.17) is 4.74 Å². The van der Waals surface area contributed by atoms with E-state index in [1.165, 1.54) is 29.0 Å². The molecule has 136 valence electrons. The molecule has 0 fully saturated rings. The summed E-state index contributed by atoms with van der Waals surface area (Å²) in [5.74, 6) is 0.465. The molecule has 2 aromatic carbocycles. The lowest BCUT2D eigenvalue weighted by molar-refractivity contribution is 0.296. The van der Waals surface area contributed by atoms with Crippen LogP contribution in [0.3, 0.4) is 0 Å². The molecule has 4 aromatic rings. The van der Waals surface area contributed by atoms with Crippen molar-refractivity contribution in [1.82, 2.24) is 9.55 Å². The topological polar surface area (TPSA) is 44.1 Å². The van der Waals surface area contributed by atoms with E-state index in [0.717, 1.165) is 16.9 Å². The lowest BCUT2D eigenvalue weighted by atomic mass is 10.1. The quantitative estimate of drug-likeness (QED) is 0.506. The fourth-order valence-corrected chi connectivity index (χ4v) is 3.77. The summed E-state index contributed by atoms with van der Waals surface area (Å²) in [6.07, 6.45) is 1.55. The van der Waals surface area contributed by atoms with E-state index in [-0.39, 0.29) is 11.4 Å². The molecule has 0 amide bonds. The van der Waals surface area contributed by atoms with E-state index in [2.05, 4.69) is 4.98 Å². The molecule has 4 nitrogen and oxygen atoms in total. The average Bonchev–Trinajstić information content (AvgIpc) is 3.11. The highest BCUT2D eigenvalue weighted by molar-refractivity contribution is 7.17. The maximum Gasteiger partial charge on any atom is 0.262 e. The van der Waals surface area contributed by atoms with Gasteiger partial charge in [0.05, 0.1) is 18.3 Å². The number of aromatic nitrogens is 2. The number of ether oxygens (including phenoxy) is 1. The van der Waals surface area contributed by atoms with Gasteiger partial charge < -0.3 is 4.74 Å². The fraction of sp³-hybridized carbons (Fsp3) is 0.143. The lowest BCUT2D eigenvalue weighted by Crippen LogP contribution is -2.23. The second-order valence-corrected chi connectivity index (χ2v) is 7.10. The van der Waals surface area contributed by atoms with Gasteiger partial charge >= 0.3 is 0 Å². The van der Waals surface area contributed by atoms with E-state index in [1.807, 2.05) is 36.6 Å². The van der Waals surface area contributed by atoms with Gasteiger partial charge in [-0.05, 0) is 36.8 Å². The molecule has 0 atom stereocenters. The van der Waals surface area contributed by atoms with Crippen molar-refractivity contribution in [3.8, 4) is 16.9 Å². The molecule has 2 aromatic heterocycles. The molecule has 0 N–H and O–H groups in total. The molecule has 0 unspecified atom stereocenters. The third kappa shape index (κ3) is 3.61. The van der Waals surface area contributed by atoms with E-state index < -0.39 is 0 Å². The zero-order valence-corrected chi connectivity index (χ0v) is 15.5. The van der Waals surface area contributed by atoms with Gasteiger partial charge in [-0.25, -0.2) is 9.37 Å². The van der Waals surface area contributed by atoms with Crippen LogP contribution in [0.2, 0.25) is 0 Å². The molecule has 0 aliphatic carbocycles. The van der Waals surface area contributed by atoms with Crippen LogP contribution in [0.15, 0.2) is 65.0 Å². The van der Waals surface area contributed by atoms with Crippen molar-refractivity contribution in [3.63, 3.8) is 0 Å². The van der Waals surface area contributed by atoms with Crippen LogP contribution in [0.4, 0.5) is 4.39 Å². The van der Waals surface area contributed by atoms with Crippen molar-refractivity contribution < 1.29 is 9.13 Å². The summed E-state index contributed by atoms with van der Waals surface area (Å²) in [7, 11) is 0. The van der Waals surface area contributed by atoms with Crippen LogP contribution in [0, 0.1) is 12.7 Å². The van der Waals surface area contributed by atoms with Crippen LogP contribution >= 0.6 is 11.3 Å². The monoisotopic (exact) mass is 380 g/mol. The maximum absolute atomic E-state index is 13.2. The average molecular weight is 380 g/mol. The normalized spacial score (nSPS) is 11.0. The Kier molecular flexibility index (Phi) is 4.73. The summed E-state index contributed by atoms with van der Waals surface area (Å²) in [6, 6.07) is 13.9. The highest BCUT2D eigenvalue weighted by Gasteiger charge is 2.13. The minimum atomic E-state index is -0.304. The zero-order chi connectivity index (χ0) is 18.8. The number of aryl methyl sites for hydroxylation is 1. The second-order valence-electron chi connectivity index (χ2n) is 6.24. The largest absolute Gasteiger partial charge is 0.492 e. The summed E-state index contributed by atoms with van der Waals surface area (Å²) in [4.78, 5) is 18.0. The summed E-state index contributed by atoms with van der Waals surface area (Å²) < 4.78 is 20.5. The Morgan fingerprint density at radius 3 is 2.59 bits per heavy atom. The Morgan fingerprint density at radius 1 is 1.11 bits per heavy atom. The number of fused-ring (bicyclic) bond motifs is 1. The summed E-state index contributed by atoms with van der Waals surface area (Å²) >= 11 is 1.41. The van der Waals surface area contributed by atoms with Crippen molar-refractivity contribution in [3.05, 3.63) is 82.0 Å². The molecule has 0 radical (unpaired) electrons. The first kappa shape index (κ1) is 17.4. The smallest absolute Gasteiger partial charge is 0.262 e. The van der Waals surface area contributed by atoms with Crippen molar-refractivity contribution >= 4 is 21.6 Å². The SMILES string of the molecule is Cc1ccc(OCCn2cnc3scc(-c4ccc(F)cc4)c3c2=O)cc1. The van der Waals surface area contributed by atoms with Gasteiger partial charge in [0.2, 0.25) is 0 Å². The Balaban J connectivity index is 1.59. The minimum absolute atomic E-state index is 0.118. The highest BCUT2D eigenvalue weighted by atomic mass is 32.1. The van der Waals surface area contributed by atoms with E-state index in [0.29, 0.717) is 23.4 Å². The molecule has 0 saturated carbocycles. The Bertz CT molecular complexity index is 1130. The summed E-state index contributed by atoms with van der Waals surface area (Å²) in [5.41, 5.74) is 2.63. The first-order valence-electron chi connectivity index (χ1n) is 8.54. The third-order valence-electron chi connectivity index (χ3n) is 4.34. The zero-order valence-electron chi connectivity index (χ0n) is 14.7. The number of rotatable bonds is 5. The van der Waals surface area contributed by atoms with Gasteiger partial charge in [-0.2, -0.15) is 0 Å². The molecule has 27 heavy (non-hydrogen) atoms. The minimum Gasteiger partial charge on any atom is -0.492 e. The lowest BCUT2D eigenvalue weighted by Gasteiger charge is -2.09. The van der Waals surface area contributed by atoms with E-state index >= 15 is 0 Å². The van der Waals surface area contributed by atoms with Gasteiger partial charge in [-0.3, -0.25) is 9.36 Å². The van der Waals surface area contributed by atoms with Gasteiger partial charge in [-0.15, -0.1) is 11.3 Å². The van der Waals surface area contributed by atoms with Crippen molar-refractivity contribution in [2.24, 2.45) is 0 Å². The van der Waals surface area contributed by atoms with Crippen LogP contribution in [-0.2, 0) is 6.54 Å². The number of halogens is 1. The van der Waals surface area contributed by atoms with E-state index in [1.54, 1.807) is 23.0 Å². The Hall–Kier alpha value is -2.99. The Morgan fingerprint density at radius 2 is 1.85 bits per heavy atom. The van der Waals surface area contributed by atoms with Crippen molar-refractivity contribution in [2.45, 2.75) is 13.5 Å².